The van der Waals surface area contributed by atoms with Crippen LogP contribution in [0.15, 0.2) is 108 Å². The zero-order chi connectivity index (χ0) is 36.7. The number of fused-ring (bicyclic) bond motifs is 4. The van der Waals surface area contributed by atoms with Crippen molar-refractivity contribution in [2.24, 2.45) is 0 Å². The first kappa shape index (κ1) is 31.1. The molecule has 0 amide bonds. The average molecular weight is 836 g/mol. The van der Waals surface area contributed by atoms with Crippen LogP contribution in [0.1, 0.15) is 71.7 Å². The molecular formula is C44H40IrN4O-2. The molecule has 6 heteroatoms. The van der Waals surface area contributed by atoms with Crippen LogP contribution in [0.3, 0.4) is 0 Å². The summed E-state index contributed by atoms with van der Waals surface area (Å²) >= 11 is 0. The predicted molar refractivity (Wildman–Crippen MR) is 201 cm³/mol. The van der Waals surface area contributed by atoms with Crippen molar-refractivity contribution in [3.8, 4) is 28.3 Å². The smallest absolute Gasteiger partial charge is 0.120 e. The van der Waals surface area contributed by atoms with E-state index in [2.05, 4.69) is 91.8 Å². The zero-order valence-electron chi connectivity index (χ0n) is 32.0. The Morgan fingerprint density at radius 3 is 2.22 bits per heavy atom. The maximum Gasteiger partial charge on any atom is 0.120 e. The zero-order valence-corrected chi connectivity index (χ0v) is 31.4. The monoisotopic (exact) mass is 836 g/mol. The van der Waals surface area contributed by atoms with Crippen LogP contribution in [0.2, 0.25) is 0 Å². The molecule has 0 saturated heterocycles. The van der Waals surface area contributed by atoms with Crippen LogP contribution < -0.4 is 0 Å². The van der Waals surface area contributed by atoms with Crippen molar-refractivity contribution in [1.29, 1.82) is 0 Å². The molecule has 0 N–H and O–H groups in total. The molecule has 0 bridgehead atoms. The average Bonchev–Trinajstić information content (AvgIpc) is 3.70. The van der Waals surface area contributed by atoms with Crippen LogP contribution >= 0.6 is 0 Å². The van der Waals surface area contributed by atoms with Gasteiger partial charge in [0.1, 0.15) is 5.58 Å². The van der Waals surface area contributed by atoms with Gasteiger partial charge < -0.3 is 14.0 Å². The van der Waals surface area contributed by atoms with Gasteiger partial charge in [0.05, 0.1) is 28.1 Å². The van der Waals surface area contributed by atoms with Gasteiger partial charge in [-0.1, -0.05) is 87.2 Å². The third kappa shape index (κ3) is 6.54. The summed E-state index contributed by atoms with van der Waals surface area (Å²) in [6, 6.07) is 38.3. The second-order valence-electron chi connectivity index (χ2n) is 13.0. The summed E-state index contributed by atoms with van der Waals surface area (Å²) in [5.74, 6) is 1.53. The first-order valence-electron chi connectivity index (χ1n) is 18.2. The topological polar surface area (TPSA) is 56.7 Å². The van der Waals surface area contributed by atoms with E-state index in [9.17, 15) is 0 Å². The van der Waals surface area contributed by atoms with Gasteiger partial charge in [-0.05, 0) is 67.1 Å². The second kappa shape index (κ2) is 14.5. The van der Waals surface area contributed by atoms with E-state index in [1.54, 1.807) is 18.2 Å². The summed E-state index contributed by atoms with van der Waals surface area (Å²) in [6.07, 6.45) is 1.39. The van der Waals surface area contributed by atoms with Crippen LogP contribution in [0.5, 0.6) is 0 Å². The van der Waals surface area contributed by atoms with Gasteiger partial charge in [-0.25, -0.2) is 0 Å². The maximum atomic E-state index is 7.23. The molecule has 0 aliphatic heterocycles. The van der Waals surface area contributed by atoms with Gasteiger partial charge in [0.15, 0.2) is 0 Å². The fraction of sp³-hybridized carbons (Fsp3) is 0.205. The number of para-hydroxylation sites is 2. The first-order chi connectivity index (χ1) is 24.9. The molecule has 0 aliphatic carbocycles. The van der Waals surface area contributed by atoms with E-state index in [1.165, 1.54) is 23.0 Å². The molecule has 0 fully saturated rings. The fourth-order valence-corrected chi connectivity index (χ4v) is 6.51. The second-order valence-corrected chi connectivity index (χ2v) is 13.0. The van der Waals surface area contributed by atoms with Crippen molar-refractivity contribution in [2.45, 2.75) is 60.2 Å². The summed E-state index contributed by atoms with van der Waals surface area (Å²) in [4.78, 5) is 14.1. The van der Waals surface area contributed by atoms with Gasteiger partial charge in [0.25, 0.3) is 0 Å². The van der Waals surface area contributed by atoms with E-state index in [-0.39, 0.29) is 25.7 Å². The minimum Gasteiger partial charge on any atom is -0.501 e. The summed E-state index contributed by atoms with van der Waals surface area (Å²) in [5.41, 5.74) is 12.1. The van der Waals surface area contributed by atoms with Crippen LogP contribution in [-0.2, 0) is 20.1 Å². The standard InChI is InChI=1S/C32H30N3O.C12H10N.Ir/c1-18(2)22-12-9-13-23(19(3)4)30(22)35-27-17-20(5)33-21(6)29(27)34-32(35)26-15-10-14-25-24-11-7-8-16-28(24)36-31(25)26;1-10-7-8-12(13-9-10)11-5-3-2-4-6-11;/h7-14,16-19H,1-6H3;2-5,7-9H,1H3;/q2*-1;/i;1D3;. The summed E-state index contributed by atoms with van der Waals surface area (Å²) < 4.78 is 30.5. The first-order valence-corrected chi connectivity index (χ1v) is 16.7. The molecular weight excluding hydrogens is 793 g/mol. The third-order valence-electron chi connectivity index (χ3n) is 8.82. The molecule has 1 radical (unpaired) electrons. The van der Waals surface area contributed by atoms with Crippen molar-refractivity contribution in [3.05, 3.63) is 143 Å². The normalized spacial score (nSPS) is 12.4. The number of rotatable bonds is 5. The van der Waals surface area contributed by atoms with Crippen LogP contribution in [0.25, 0.3) is 61.3 Å². The Labute approximate surface area is 312 Å². The number of nitrogens with zero attached hydrogens (tertiary/aromatic N) is 4. The van der Waals surface area contributed by atoms with E-state index in [1.807, 2.05) is 50.2 Å². The molecule has 0 spiro atoms. The predicted octanol–water partition coefficient (Wildman–Crippen LogP) is 11.5. The van der Waals surface area contributed by atoms with Crippen LogP contribution in [-0.4, -0.2) is 19.5 Å². The van der Waals surface area contributed by atoms with Crippen LogP contribution in [0.4, 0.5) is 0 Å². The van der Waals surface area contributed by atoms with Crippen molar-refractivity contribution < 1.29 is 28.6 Å². The minimum absolute atomic E-state index is 0. The maximum absolute atomic E-state index is 7.23. The molecule has 0 atom stereocenters. The molecule has 8 rings (SSSR count). The molecule has 8 aromatic rings. The van der Waals surface area contributed by atoms with Gasteiger partial charge in [0, 0.05) is 47.2 Å². The molecule has 253 valence electrons. The number of benzene rings is 4. The molecule has 4 heterocycles. The Morgan fingerprint density at radius 2 is 1.54 bits per heavy atom. The molecule has 0 saturated carbocycles. The van der Waals surface area contributed by atoms with E-state index in [0.29, 0.717) is 11.8 Å². The molecule has 0 unspecified atom stereocenters. The Morgan fingerprint density at radius 1 is 0.780 bits per heavy atom. The van der Waals surface area contributed by atoms with E-state index in [0.717, 1.165) is 67.0 Å². The number of imidazole rings is 1. The van der Waals surface area contributed by atoms with Gasteiger partial charge in [0.2, 0.25) is 0 Å². The van der Waals surface area contributed by atoms with Crippen molar-refractivity contribution in [1.82, 2.24) is 19.5 Å². The van der Waals surface area contributed by atoms with E-state index in [4.69, 9.17) is 18.5 Å². The van der Waals surface area contributed by atoms with Crippen molar-refractivity contribution >= 4 is 33.0 Å². The minimum atomic E-state index is -2.09. The van der Waals surface area contributed by atoms with Crippen molar-refractivity contribution in [2.75, 3.05) is 0 Å². The molecule has 50 heavy (non-hydrogen) atoms. The summed E-state index contributed by atoms with van der Waals surface area (Å²) in [6.45, 7) is 11.0. The SMILES string of the molecule is Cc1cc2c(nc(-c3[c-]ccc4c3oc3ccccc34)n2-c2c(C(C)C)cccc2C(C)C)c(C)n1.[2H]C([2H])([2H])c1ccc(-c2[c-]cccc2)nc1.[Ir]. The van der Waals surface area contributed by atoms with E-state index >= 15 is 0 Å². The van der Waals surface area contributed by atoms with Gasteiger partial charge in [-0.2, -0.15) is 0 Å². The molecule has 4 aromatic carbocycles. The Hall–Kier alpha value is -4.90. The molecule has 0 aliphatic rings. The number of aromatic nitrogens is 4. The number of aryl methyl sites for hydroxylation is 3. The van der Waals surface area contributed by atoms with Gasteiger partial charge in [-0.3, -0.25) is 9.97 Å². The summed E-state index contributed by atoms with van der Waals surface area (Å²) in [5, 5.41) is 2.18. The Kier molecular flexibility index (Phi) is 9.04. The Balaban J connectivity index is 0.000000238. The fourth-order valence-electron chi connectivity index (χ4n) is 6.51. The van der Waals surface area contributed by atoms with E-state index < -0.39 is 6.85 Å². The molecule has 4 aromatic heterocycles. The number of furan rings is 1. The quantitative estimate of drug-likeness (QED) is 0.162. The van der Waals surface area contributed by atoms with Crippen molar-refractivity contribution in [3.63, 3.8) is 0 Å². The number of hydrogen-bond acceptors (Lipinski definition) is 4. The van der Waals surface area contributed by atoms with Crippen LogP contribution in [0, 0.1) is 32.8 Å². The largest absolute Gasteiger partial charge is 0.501 e. The number of hydrogen-bond donors (Lipinski definition) is 0. The third-order valence-corrected chi connectivity index (χ3v) is 8.82. The molecule has 5 nitrogen and oxygen atoms in total. The number of pyridine rings is 2. The Bertz CT molecular complexity index is 2510. The van der Waals surface area contributed by atoms with Gasteiger partial charge in [-0.15, -0.1) is 54.1 Å². The van der Waals surface area contributed by atoms with Gasteiger partial charge >= 0.3 is 0 Å². The summed E-state index contributed by atoms with van der Waals surface area (Å²) in [7, 11) is 0.